The molecular formula is C12H13Cl2NO. The molecule has 16 heavy (non-hydrogen) atoms. The Morgan fingerprint density at radius 3 is 2.19 bits per heavy atom. The van der Waals surface area contributed by atoms with Crippen molar-refractivity contribution in [1.82, 2.24) is 4.90 Å². The molecule has 1 amide bonds. The maximum Gasteiger partial charge on any atom is 0.321 e. The molecule has 0 saturated carbocycles. The highest BCUT2D eigenvalue weighted by atomic mass is 35.5. The van der Waals surface area contributed by atoms with E-state index in [-0.39, 0.29) is 0 Å². The maximum absolute atomic E-state index is 11.3. The summed E-state index contributed by atoms with van der Waals surface area (Å²) in [4.78, 5) is 12.6. The van der Waals surface area contributed by atoms with E-state index in [4.69, 9.17) is 23.2 Å². The van der Waals surface area contributed by atoms with Crippen LogP contribution < -0.4 is 0 Å². The number of amides is 1. The van der Waals surface area contributed by atoms with E-state index in [0.717, 1.165) is 11.1 Å². The number of nitrogens with zero attached hydrogens (tertiary/aromatic N) is 1. The third-order valence-electron chi connectivity index (χ3n) is 2.05. The van der Waals surface area contributed by atoms with Crippen molar-refractivity contribution in [3.63, 3.8) is 0 Å². The van der Waals surface area contributed by atoms with Gasteiger partial charge in [-0.25, -0.2) is 0 Å². The molecule has 4 heteroatoms. The van der Waals surface area contributed by atoms with Crippen LogP contribution in [0.2, 0.25) is 0 Å². The molecule has 0 bridgehead atoms. The van der Waals surface area contributed by atoms with Crippen molar-refractivity contribution in [3.05, 3.63) is 46.6 Å². The second kappa shape index (κ2) is 5.92. The van der Waals surface area contributed by atoms with E-state index in [0.29, 0.717) is 11.7 Å². The first-order valence-electron chi connectivity index (χ1n) is 4.86. The second-order valence-corrected chi connectivity index (χ2v) is 4.30. The number of halogens is 2. The van der Waals surface area contributed by atoms with Crippen LogP contribution in [0, 0.1) is 0 Å². The molecule has 0 aromatic heterocycles. The van der Waals surface area contributed by atoms with Gasteiger partial charge in [0, 0.05) is 0 Å². The van der Waals surface area contributed by atoms with Gasteiger partial charge >= 0.3 is 5.37 Å². The third-order valence-corrected chi connectivity index (χ3v) is 2.83. The standard InChI is InChI=1S/C12H13Cl2NO/c1-9(2)11(13)15(12(14)16)8-10-6-4-3-5-7-10/h3-7H,8H2,1-2H3. The minimum Gasteiger partial charge on any atom is -0.285 e. The van der Waals surface area contributed by atoms with Crippen molar-refractivity contribution in [2.45, 2.75) is 20.4 Å². The Morgan fingerprint density at radius 2 is 1.75 bits per heavy atom. The molecule has 0 atom stereocenters. The lowest BCUT2D eigenvalue weighted by Gasteiger charge is -2.19. The molecular weight excluding hydrogens is 245 g/mol. The quantitative estimate of drug-likeness (QED) is 0.583. The molecule has 0 spiro atoms. The molecule has 86 valence electrons. The van der Waals surface area contributed by atoms with E-state index >= 15 is 0 Å². The first kappa shape index (κ1) is 13.1. The van der Waals surface area contributed by atoms with Gasteiger partial charge in [0.1, 0.15) is 5.16 Å². The molecule has 0 aliphatic heterocycles. The number of allylic oxidation sites excluding steroid dienone is 1. The van der Waals surface area contributed by atoms with Crippen LogP contribution in [-0.2, 0) is 6.54 Å². The van der Waals surface area contributed by atoms with Gasteiger partial charge < -0.3 is 0 Å². The molecule has 1 aromatic carbocycles. The summed E-state index contributed by atoms with van der Waals surface area (Å²) in [5.74, 6) is 0. The van der Waals surface area contributed by atoms with Crippen molar-refractivity contribution in [1.29, 1.82) is 0 Å². The van der Waals surface area contributed by atoms with Crippen LogP contribution in [0.25, 0.3) is 0 Å². The zero-order valence-electron chi connectivity index (χ0n) is 9.21. The van der Waals surface area contributed by atoms with Crippen LogP contribution in [0.3, 0.4) is 0 Å². The van der Waals surface area contributed by atoms with Crippen LogP contribution in [-0.4, -0.2) is 10.3 Å². The van der Waals surface area contributed by atoms with Crippen molar-refractivity contribution >= 4 is 28.6 Å². The van der Waals surface area contributed by atoms with Crippen molar-refractivity contribution in [2.75, 3.05) is 0 Å². The first-order valence-corrected chi connectivity index (χ1v) is 5.62. The van der Waals surface area contributed by atoms with Crippen molar-refractivity contribution in [2.24, 2.45) is 0 Å². The first-order chi connectivity index (χ1) is 7.52. The Labute approximate surface area is 105 Å². The summed E-state index contributed by atoms with van der Waals surface area (Å²) in [6, 6.07) is 9.56. The van der Waals surface area contributed by atoms with Crippen LogP contribution in [0.4, 0.5) is 4.79 Å². The zero-order valence-corrected chi connectivity index (χ0v) is 10.7. The number of hydrogen-bond acceptors (Lipinski definition) is 1. The van der Waals surface area contributed by atoms with Gasteiger partial charge in [0.25, 0.3) is 0 Å². The Balaban J connectivity index is 2.90. The number of rotatable bonds is 3. The fourth-order valence-electron chi connectivity index (χ4n) is 1.24. The second-order valence-electron chi connectivity index (χ2n) is 3.62. The smallest absolute Gasteiger partial charge is 0.285 e. The Kier molecular flexibility index (Phi) is 4.84. The molecule has 0 unspecified atom stereocenters. The molecule has 0 heterocycles. The summed E-state index contributed by atoms with van der Waals surface area (Å²) in [5.41, 5.74) is 1.84. The van der Waals surface area contributed by atoms with E-state index < -0.39 is 5.37 Å². The van der Waals surface area contributed by atoms with Gasteiger partial charge in [-0.3, -0.25) is 9.69 Å². The van der Waals surface area contributed by atoms with Gasteiger partial charge in [0.05, 0.1) is 6.54 Å². The molecule has 0 aliphatic rings. The topological polar surface area (TPSA) is 20.3 Å². The average Bonchev–Trinajstić information content (AvgIpc) is 2.26. The SMILES string of the molecule is CC(C)=C(Cl)N(Cc1ccccc1)C(=O)Cl. The van der Waals surface area contributed by atoms with E-state index in [1.54, 1.807) is 0 Å². The Bertz CT molecular complexity index is 397. The summed E-state index contributed by atoms with van der Waals surface area (Å²) in [7, 11) is 0. The molecule has 0 fully saturated rings. The molecule has 2 nitrogen and oxygen atoms in total. The minimum atomic E-state index is -0.574. The summed E-state index contributed by atoms with van der Waals surface area (Å²) in [6.07, 6.45) is 0. The predicted molar refractivity (Wildman–Crippen MR) is 67.5 cm³/mol. The van der Waals surface area contributed by atoms with Gasteiger partial charge in [-0.15, -0.1) is 0 Å². The Morgan fingerprint density at radius 1 is 1.19 bits per heavy atom. The van der Waals surface area contributed by atoms with E-state index in [1.165, 1.54) is 4.90 Å². The molecule has 1 rings (SSSR count). The largest absolute Gasteiger partial charge is 0.321 e. The lowest BCUT2D eigenvalue weighted by molar-refractivity contribution is 0.235. The van der Waals surface area contributed by atoms with Crippen LogP contribution in [0.1, 0.15) is 19.4 Å². The van der Waals surface area contributed by atoms with Crippen LogP contribution in [0.5, 0.6) is 0 Å². The normalized spacial score (nSPS) is 9.75. The Hall–Kier alpha value is -0.990. The van der Waals surface area contributed by atoms with Crippen molar-refractivity contribution < 1.29 is 4.79 Å². The summed E-state index contributed by atoms with van der Waals surface area (Å²) in [5, 5.41) is -0.195. The van der Waals surface area contributed by atoms with E-state index in [9.17, 15) is 4.79 Å². The van der Waals surface area contributed by atoms with Gasteiger partial charge in [-0.1, -0.05) is 41.9 Å². The summed E-state index contributed by atoms with van der Waals surface area (Å²) < 4.78 is 0. The lowest BCUT2D eigenvalue weighted by atomic mass is 10.2. The van der Waals surface area contributed by atoms with Crippen LogP contribution >= 0.6 is 23.2 Å². The van der Waals surface area contributed by atoms with Crippen LogP contribution in [0.15, 0.2) is 41.1 Å². The highest BCUT2D eigenvalue weighted by Gasteiger charge is 2.15. The number of carbonyl (C=O) groups excluding carboxylic acids is 1. The molecule has 1 aromatic rings. The minimum absolute atomic E-state index is 0.379. The fourth-order valence-corrected chi connectivity index (χ4v) is 1.57. The predicted octanol–water partition coefficient (Wildman–Crippen LogP) is 4.34. The number of carbonyl (C=O) groups is 1. The van der Waals surface area contributed by atoms with E-state index in [1.807, 2.05) is 44.2 Å². The average molecular weight is 258 g/mol. The molecule has 0 N–H and O–H groups in total. The number of hydrogen-bond donors (Lipinski definition) is 0. The summed E-state index contributed by atoms with van der Waals surface area (Å²) in [6.45, 7) is 4.05. The molecule has 0 radical (unpaired) electrons. The van der Waals surface area contributed by atoms with Gasteiger partial charge in [-0.2, -0.15) is 0 Å². The third kappa shape index (κ3) is 3.54. The zero-order chi connectivity index (χ0) is 12.1. The van der Waals surface area contributed by atoms with Gasteiger partial charge in [0.2, 0.25) is 0 Å². The van der Waals surface area contributed by atoms with Gasteiger partial charge in [0.15, 0.2) is 0 Å². The highest BCUT2D eigenvalue weighted by Crippen LogP contribution is 2.20. The van der Waals surface area contributed by atoms with E-state index in [2.05, 4.69) is 0 Å². The monoisotopic (exact) mass is 257 g/mol. The van der Waals surface area contributed by atoms with Crippen molar-refractivity contribution in [3.8, 4) is 0 Å². The molecule has 0 saturated heterocycles. The summed E-state index contributed by atoms with van der Waals surface area (Å²) >= 11 is 11.5. The maximum atomic E-state index is 11.3. The van der Waals surface area contributed by atoms with Gasteiger partial charge in [-0.05, 0) is 36.6 Å². The molecule has 0 aliphatic carbocycles. The number of benzene rings is 1. The lowest BCUT2D eigenvalue weighted by Crippen LogP contribution is -2.23. The highest BCUT2D eigenvalue weighted by molar-refractivity contribution is 6.63. The fraction of sp³-hybridized carbons (Fsp3) is 0.250.